The molecule has 5 heteroatoms. The zero-order valence-corrected chi connectivity index (χ0v) is 11.4. The SMILES string of the molecule is Cc1nc2c(C)cccn2c1C(=O)NCc1ccco1. The van der Waals surface area contributed by atoms with E-state index in [9.17, 15) is 4.79 Å². The van der Waals surface area contributed by atoms with Crippen LogP contribution in [-0.4, -0.2) is 15.3 Å². The van der Waals surface area contributed by atoms with Gasteiger partial charge in [0.05, 0.1) is 18.5 Å². The second kappa shape index (κ2) is 4.85. The first-order valence-corrected chi connectivity index (χ1v) is 6.41. The van der Waals surface area contributed by atoms with Crippen molar-refractivity contribution in [2.45, 2.75) is 20.4 Å². The molecule has 3 rings (SSSR count). The van der Waals surface area contributed by atoms with E-state index in [4.69, 9.17) is 4.42 Å². The maximum Gasteiger partial charge on any atom is 0.270 e. The lowest BCUT2D eigenvalue weighted by molar-refractivity contribution is 0.0941. The van der Waals surface area contributed by atoms with Crippen molar-refractivity contribution in [3.63, 3.8) is 0 Å². The summed E-state index contributed by atoms with van der Waals surface area (Å²) in [5, 5.41) is 2.85. The molecule has 1 N–H and O–H groups in total. The molecule has 0 saturated carbocycles. The number of pyridine rings is 1. The third-order valence-corrected chi connectivity index (χ3v) is 3.24. The Kier molecular flexibility index (Phi) is 3.02. The van der Waals surface area contributed by atoms with E-state index >= 15 is 0 Å². The van der Waals surface area contributed by atoms with Gasteiger partial charge in [0.2, 0.25) is 0 Å². The Morgan fingerprint density at radius 3 is 2.95 bits per heavy atom. The van der Waals surface area contributed by atoms with Gasteiger partial charge in [0, 0.05) is 6.20 Å². The third kappa shape index (κ3) is 2.07. The highest BCUT2D eigenvalue weighted by molar-refractivity contribution is 5.94. The smallest absolute Gasteiger partial charge is 0.270 e. The molecule has 0 fully saturated rings. The number of hydrogen-bond donors (Lipinski definition) is 1. The maximum absolute atomic E-state index is 12.3. The largest absolute Gasteiger partial charge is 0.467 e. The highest BCUT2D eigenvalue weighted by Gasteiger charge is 2.17. The summed E-state index contributed by atoms with van der Waals surface area (Å²) in [6, 6.07) is 7.51. The molecule has 102 valence electrons. The number of carbonyl (C=O) groups is 1. The van der Waals surface area contributed by atoms with Crippen LogP contribution in [0.4, 0.5) is 0 Å². The van der Waals surface area contributed by atoms with Gasteiger partial charge in [-0.15, -0.1) is 0 Å². The molecule has 3 aromatic rings. The number of imidazole rings is 1. The van der Waals surface area contributed by atoms with Crippen LogP contribution in [0.15, 0.2) is 41.1 Å². The van der Waals surface area contributed by atoms with Gasteiger partial charge in [-0.2, -0.15) is 0 Å². The Morgan fingerprint density at radius 2 is 2.20 bits per heavy atom. The molecule has 0 aliphatic heterocycles. The van der Waals surface area contributed by atoms with Gasteiger partial charge >= 0.3 is 0 Å². The van der Waals surface area contributed by atoms with Gasteiger partial charge < -0.3 is 9.73 Å². The van der Waals surface area contributed by atoms with Crippen LogP contribution >= 0.6 is 0 Å². The summed E-state index contributed by atoms with van der Waals surface area (Å²) in [4.78, 5) is 16.8. The van der Waals surface area contributed by atoms with E-state index in [0.29, 0.717) is 12.2 Å². The zero-order chi connectivity index (χ0) is 14.1. The monoisotopic (exact) mass is 269 g/mol. The Labute approximate surface area is 116 Å². The van der Waals surface area contributed by atoms with Crippen molar-refractivity contribution in [1.82, 2.24) is 14.7 Å². The molecule has 5 nitrogen and oxygen atoms in total. The molecule has 1 amide bonds. The molecule has 20 heavy (non-hydrogen) atoms. The van der Waals surface area contributed by atoms with E-state index in [1.54, 1.807) is 12.3 Å². The molecule has 0 aliphatic rings. The number of aromatic nitrogens is 2. The van der Waals surface area contributed by atoms with Gasteiger partial charge in [0.15, 0.2) is 0 Å². The Morgan fingerprint density at radius 1 is 1.35 bits per heavy atom. The molecule has 0 spiro atoms. The van der Waals surface area contributed by atoms with Crippen LogP contribution in [0.25, 0.3) is 5.65 Å². The van der Waals surface area contributed by atoms with Crippen LogP contribution in [0.1, 0.15) is 27.5 Å². The lowest BCUT2D eigenvalue weighted by Crippen LogP contribution is -2.24. The number of furan rings is 1. The summed E-state index contributed by atoms with van der Waals surface area (Å²) in [6.07, 6.45) is 3.44. The van der Waals surface area contributed by atoms with Crippen molar-refractivity contribution in [3.8, 4) is 0 Å². The molecule has 0 bridgehead atoms. The number of carbonyl (C=O) groups excluding carboxylic acids is 1. The fourth-order valence-corrected chi connectivity index (χ4v) is 2.26. The molecule has 0 atom stereocenters. The number of aryl methyl sites for hydroxylation is 2. The van der Waals surface area contributed by atoms with Crippen LogP contribution in [0.3, 0.4) is 0 Å². The standard InChI is InChI=1S/C15H15N3O2/c1-10-5-3-7-18-13(11(2)17-14(10)18)15(19)16-9-12-6-4-8-20-12/h3-8H,9H2,1-2H3,(H,16,19). The normalized spacial score (nSPS) is 10.9. The number of nitrogens with zero attached hydrogens (tertiary/aromatic N) is 2. The first kappa shape index (κ1) is 12.5. The lowest BCUT2D eigenvalue weighted by atomic mass is 10.3. The van der Waals surface area contributed by atoms with Crippen molar-refractivity contribution in [2.75, 3.05) is 0 Å². The predicted octanol–water partition coefficient (Wildman–Crippen LogP) is 2.47. The molecular formula is C15H15N3O2. The number of nitrogens with one attached hydrogen (secondary N) is 1. The quantitative estimate of drug-likeness (QED) is 0.794. The molecule has 0 unspecified atom stereocenters. The van der Waals surface area contributed by atoms with E-state index in [2.05, 4.69) is 10.3 Å². The minimum absolute atomic E-state index is 0.156. The molecule has 3 aromatic heterocycles. The van der Waals surface area contributed by atoms with E-state index in [1.807, 2.05) is 42.6 Å². The second-order valence-electron chi connectivity index (χ2n) is 4.69. The molecule has 0 aromatic carbocycles. The number of amides is 1. The predicted molar refractivity (Wildman–Crippen MR) is 74.5 cm³/mol. The van der Waals surface area contributed by atoms with Crippen LogP contribution in [0.5, 0.6) is 0 Å². The van der Waals surface area contributed by atoms with Gasteiger partial charge in [0.1, 0.15) is 17.1 Å². The van der Waals surface area contributed by atoms with Crippen LogP contribution in [0.2, 0.25) is 0 Å². The average molecular weight is 269 g/mol. The minimum atomic E-state index is -0.156. The summed E-state index contributed by atoms with van der Waals surface area (Å²) >= 11 is 0. The molecule has 0 aliphatic carbocycles. The summed E-state index contributed by atoms with van der Waals surface area (Å²) in [7, 11) is 0. The summed E-state index contributed by atoms with van der Waals surface area (Å²) in [5.74, 6) is 0.568. The molecule has 0 radical (unpaired) electrons. The van der Waals surface area contributed by atoms with E-state index in [-0.39, 0.29) is 5.91 Å². The first-order chi connectivity index (χ1) is 9.66. The number of hydrogen-bond acceptors (Lipinski definition) is 3. The van der Waals surface area contributed by atoms with Gasteiger partial charge in [-0.3, -0.25) is 9.20 Å². The van der Waals surface area contributed by atoms with Gasteiger partial charge in [-0.05, 0) is 37.6 Å². The Bertz CT molecular complexity index is 757. The fraction of sp³-hybridized carbons (Fsp3) is 0.200. The van der Waals surface area contributed by atoms with E-state index in [0.717, 1.165) is 22.7 Å². The zero-order valence-electron chi connectivity index (χ0n) is 11.4. The first-order valence-electron chi connectivity index (χ1n) is 6.41. The molecule has 3 heterocycles. The Balaban J connectivity index is 1.91. The van der Waals surface area contributed by atoms with Crippen molar-refractivity contribution < 1.29 is 9.21 Å². The third-order valence-electron chi connectivity index (χ3n) is 3.24. The van der Waals surface area contributed by atoms with Gasteiger partial charge in [-0.1, -0.05) is 6.07 Å². The summed E-state index contributed by atoms with van der Waals surface area (Å²) < 4.78 is 7.02. The summed E-state index contributed by atoms with van der Waals surface area (Å²) in [5.41, 5.74) is 3.14. The fourth-order valence-electron chi connectivity index (χ4n) is 2.26. The minimum Gasteiger partial charge on any atom is -0.467 e. The molecule has 0 saturated heterocycles. The van der Waals surface area contributed by atoms with Crippen molar-refractivity contribution in [3.05, 3.63) is 59.4 Å². The summed E-state index contributed by atoms with van der Waals surface area (Å²) in [6.45, 7) is 4.19. The van der Waals surface area contributed by atoms with Crippen molar-refractivity contribution in [1.29, 1.82) is 0 Å². The highest BCUT2D eigenvalue weighted by Crippen LogP contribution is 2.15. The van der Waals surface area contributed by atoms with Crippen LogP contribution < -0.4 is 5.32 Å². The van der Waals surface area contributed by atoms with Gasteiger partial charge in [0.25, 0.3) is 5.91 Å². The van der Waals surface area contributed by atoms with Crippen LogP contribution in [0, 0.1) is 13.8 Å². The van der Waals surface area contributed by atoms with Crippen LogP contribution in [-0.2, 0) is 6.54 Å². The number of fused-ring (bicyclic) bond motifs is 1. The van der Waals surface area contributed by atoms with E-state index in [1.165, 1.54) is 0 Å². The van der Waals surface area contributed by atoms with E-state index < -0.39 is 0 Å². The number of rotatable bonds is 3. The van der Waals surface area contributed by atoms with Crippen molar-refractivity contribution >= 4 is 11.6 Å². The highest BCUT2D eigenvalue weighted by atomic mass is 16.3. The topological polar surface area (TPSA) is 59.5 Å². The lowest BCUT2D eigenvalue weighted by Gasteiger charge is -2.05. The second-order valence-corrected chi connectivity index (χ2v) is 4.69. The van der Waals surface area contributed by atoms with Gasteiger partial charge in [-0.25, -0.2) is 4.98 Å². The average Bonchev–Trinajstić information content (AvgIpc) is 3.04. The molecular weight excluding hydrogens is 254 g/mol. The Hall–Kier alpha value is -2.56. The maximum atomic E-state index is 12.3. The van der Waals surface area contributed by atoms with Crippen molar-refractivity contribution in [2.24, 2.45) is 0 Å².